The molecule has 0 aliphatic carbocycles. The monoisotopic (exact) mass is 325 g/mol. The van der Waals surface area contributed by atoms with E-state index < -0.39 is 0 Å². The summed E-state index contributed by atoms with van der Waals surface area (Å²) in [6, 6.07) is 16.0. The number of phenolic OH excluding ortho intramolecular Hbond substituents is 1. The number of piperidine rings is 1. The molecule has 1 saturated heterocycles. The van der Waals surface area contributed by atoms with Crippen LogP contribution in [-0.2, 0) is 6.42 Å². The lowest BCUT2D eigenvalue weighted by molar-refractivity contribution is 0.154. The Balaban J connectivity index is 1.36. The van der Waals surface area contributed by atoms with E-state index in [1.54, 1.807) is 18.2 Å². The zero-order chi connectivity index (χ0) is 16.8. The summed E-state index contributed by atoms with van der Waals surface area (Å²) < 4.78 is 5.72. The molecule has 0 amide bonds. The van der Waals surface area contributed by atoms with E-state index >= 15 is 0 Å². The van der Waals surface area contributed by atoms with Gasteiger partial charge in [-0.25, -0.2) is 0 Å². The minimum Gasteiger partial charge on any atom is -0.508 e. The van der Waals surface area contributed by atoms with Gasteiger partial charge in [-0.2, -0.15) is 0 Å². The van der Waals surface area contributed by atoms with Crippen molar-refractivity contribution in [3.05, 3.63) is 59.7 Å². The molecule has 24 heavy (non-hydrogen) atoms. The fourth-order valence-electron chi connectivity index (χ4n) is 3.34. The first kappa shape index (κ1) is 16.8. The van der Waals surface area contributed by atoms with Crippen molar-refractivity contribution in [2.24, 2.45) is 5.92 Å². The van der Waals surface area contributed by atoms with Gasteiger partial charge in [0.05, 0.1) is 0 Å². The maximum absolute atomic E-state index is 9.44. The van der Waals surface area contributed by atoms with Crippen LogP contribution in [0, 0.1) is 12.8 Å². The van der Waals surface area contributed by atoms with E-state index in [9.17, 15) is 5.11 Å². The molecular weight excluding hydrogens is 298 g/mol. The summed E-state index contributed by atoms with van der Waals surface area (Å²) in [6.07, 6.45) is 3.73. The van der Waals surface area contributed by atoms with Crippen molar-refractivity contribution in [1.82, 2.24) is 4.90 Å². The maximum Gasteiger partial charge on any atom is 0.123 e. The molecule has 3 rings (SSSR count). The molecule has 1 fully saturated rings. The number of phenols is 1. The van der Waals surface area contributed by atoms with Crippen LogP contribution in [0.25, 0.3) is 0 Å². The Morgan fingerprint density at radius 1 is 1.08 bits per heavy atom. The predicted molar refractivity (Wildman–Crippen MR) is 97.6 cm³/mol. The number of hydrogen-bond donors (Lipinski definition) is 1. The van der Waals surface area contributed by atoms with Crippen molar-refractivity contribution in [2.75, 3.05) is 26.2 Å². The lowest BCUT2D eigenvalue weighted by Gasteiger charge is -2.31. The van der Waals surface area contributed by atoms with Crippen LogP contribution < -0.4 is 4.74 Å². The van der Waals surface area contributed by atoms with Gasteiger partial charge in [0.25, 0.3) is 0 Å². The molecular formula is C21H27NO2. The van der Waals surface area contributed by atoms with E-state index in [1.165, 1.54) is 30.4 Å². The van der Waals surface area contributed by atoms with Gasteiger partial charge in [0.2, 0.25) is 0 Å². The number of benzene rings is 2. The van der Waals surface area contributed by atoms with Gasteiger partial charge >= 0.3 is 0 Å². The first-order valence-corrected chi connectivity index (χ1v) is 8.89. The molecule has 2 aromatic rings. The van der Waals surface area contributed by atoms with Crippen LogP contribution in [0.4, 0.5) is 0 Å². The van der Waals surface area contributed by atoms with Crippen molar-refractivity contribution in [3.8, 4) is 11.5 Å². The van der Waals surface area contributed by atoms with Crippen molar-refractivity contribution in [1.29, 1.82) is 0 Å². The fraction of sp³-hybridized carbons (Fsp3) is 0.429. The van der Waals surface area contributed by atoms with Crippen LogP contribution in [-0.4, -0.2) is 36.2 Å². The molecule has 1 N–H and O–H groups in total. The number of nitrogens with zero attached hydrogens (tertiary/aromatic N) is 1. The number of rotatable bonds is 6. The van der Waals surface area contributed by atoms with E-state index in [1.807, 2.05) is 6.07 Å². The van der Waals surface area contributed by atoms with Gasteiger partial charge in [-0.1, -0.05) is 35.9 Å². The van der Waals surface area contributed by atoms with Gasteiger partial charge < -0.3 is 9.84 Å². The molecule has 0 bridgehead atoms. The largest absolute Gasteiger partial charge is 0.508 e. The third-order valence-electron chi connectivity index (χ3n) is 4.85. The molecule has 0 saturated carbocycles. The number of hydrogen-bond acceptors (Lipinski definition) is 3. The van der Waals surface area contributed by atoms with Crippen LogP contribution >= 0.6 is 0 Å². The van der Waals surface area contributed by atoms with Gasteiger partial charge in [0, 0.05) is 12.6 Å². The molecule has 0 unspecified atom stereocenters. The Hall–Kier alpha value is -2.00. The molecule has 0 spiro atoms. The third-order valence-corrected chi connectivity index (χ3v) is 4.85. The third kappa shape index (κ3) is 5.00. The normalized spacial score (nSPS) is 16.2. The molecule has 1 aliphatic heterocycles. The Morgan fingerprint density at radius 2 is 1.83 bits per heavy atom. The quantitative estimate of drug-likeness (QED) is 0.870. The van der Waals surface area contributed by atoms with Gasteiger partial charge in [-0.05, 0) is 62.9 Å². The first-order valence-electron chi connectivity index (χ1n) is 8.89. The molecule has 128 valence electrons. The second kappa shape index (κ2) is 8.20. The van der Waals surface area contributed by atoms with Crippen molar-refractivity contribution >= 4 is 0 Å². The van der Waals surface area contributed by atoms with Crippen molar-refractivity contribution in [2.45, 2.75) is 26.2 Å². The molecule has 0 atom stereocenters. The van der Waals surface area contributed by atoms with E-state index in [0.29, 0.717) is 6.61 Å². The molecule has 2 aromatic carbocycles. The Labute approximate surface area is 144 Å². The number of aryl methyl sites for hydroxylation is 1. The minimum atomic E-state index is 0.254. The molecule has 3 nitrogen and oxygen atoms in total. The molecule has 1 heterocycles. The summed E-state index contributed by atoms with van der Waals surface area (Å²) in [4.78, 5) is 2.48. The van der Waals surface area contributed by atoms with Gasteiger partial charge in [-0.15, -0.1) is 0 Å². The van der Waals surface area contributed by atoms with Crippen molar-refractivity contribution < 1.29 is 9.84 Å². The minimum absolute atomic E-state index is 0.254. The van der Waals surface area contributed by atoms with Crippen LogP contribution in [0.2, 0.25) is 0 Å². The highest BCUT2D eigenvalue weighted by atomic mass is 16.5. The summed E-state index contributed by atoms with van der Waals surface area (Å²) in [5.74, 6) is 1.80. The standard InChI is InChI=1S/C21H27NO2/c1-17-5-7-18(8-6-17)15-19-9-11-22(12-10-19)13-14-24-21-4-2-3-20(23)16-21/h2-8,16,19,23H,9-15H2,1H3. The van der Waals surface area contributed by atoms with Crippen LogP contribution in [0.3, 0.4) is 0 Å². The summed E-state index contributed by atoms with van der Waals surface area (Å²) in [6.45, 7) is 6.07. The fourth-order valence-corrected chi connectivity index (χ4v) is 3.34. The van der Waals surface area contributed by atoms with Crippen LogP contribution in [0.5, 0.6) is 11.5 Å². The molecule has 0 aromatic heterocycles. The predicted octanol–water partition coefficient (Wildman–Crippen LogP) is 4.03. The second-order valence-electron chi connectivity index (χ2n) is 6.82. The number of ether oxygens (including phenoxy) is 1. The van der Waals surface area contributed by atoms with E-state index in [2.05, 4.69) is 36.1 Å². The second-order valence-corrected chi connectivity index (χ2v) is 6.82. The Morgan fingerprint density at radius 3 is 2.54 bits per heavy atom. The lowest BCUT2D eigenvalue weighted by atomic mass is 9.90. The highest BCUT2D eigenvalue weighted by molar-refractivity contribution is 5.31. The highest BCUT2D eigenvalue weighted by Crippen LogP contribution is 2.22. The SMILES string of the molecule is Cc1ccc(CC2CCN(CCOc3cccc(O)c3)CC2)cc1. The van der Waals surface area contributed by atoms with E-state index in [-0.39, 0.29) is 5.75 Å². The highest BCUT2D eigenvalue weighted by Gasteiger charge is 2.19. The van der Waals surface area contributed by atoms with E-state index in [4.69, 9.17) is 4.74 Å². The Bertz CT molecular complexity index is 631. The van der Waals surface area contributed by atoms with E-state index in [0.717, 1.165) is 31.3 Å². The average Bonchev–Trinajstić information content (AvgIpc) is 2.59. The Kier molecular flexibility index (Phi) is 5.76. The average molecular weight is 325 g/mol. The lowest BCUT2D eigenvalue weighted by Crippen LogP contribution is -2.37. The molecule has 3 heteroatoms. The van der Waals surface area contributed by atoms with Crippen molar-refractivity contribution in [3.63, 3.8) is 0 Å². The molecule has 1 aliphatic rings. The zero-order valence-corrected chi connectivity index (χ0v) is 14.4. The van der Waals surface area contributed by atoms with Crippen LogP contribution in [0.1, 0.15) is 24.0 Å². The van der Waals surface area contributed by atoms with Gasteiger partial charge in [0.1, 0.15) is 18.1 Å². The maximum atomic E-state index is 9.44. The summed E-state index contributed by atoms with van der Waals surface area (Å²) in [7, 11) is 0. The van der Waals surface area contributed by atoms with Gasteiger partial charge in [0.15, 0.2) is 0 Å². The number of aromatic hydroxyl groups is 1. The van der Waals surface area contributed by atoms with Crippen LogP contribution in [0.15, 0.2) is 48.5 Å². The number of likely N-dealkylation sites (tertiary alicyclic amines) is 1. The topological polar surface area (TPSA) is 32.7 Å². The molecule has 0 radical (unpaired) electrons. The summed E-state index contributed by atoms with van der Waals surface area (Å²) in [5, 5.41) is 9.44. The smallest absolute Gasteiger partial charge is 0.123 e. The summed E-state index contributed by atoms with van der Waals surface area (Å²) in [5.41, 5.74) is 2.80. The summed E-state index contributed by atoms with van der Waals surface area (Å²) >= 11 is 0. The van der Waals surface area contributed by atoms with Gasteiger partial charge in [-0.3, -0.25) is 4.90 Å². The first-order chi connectivity index (χ1) is 11.7. The zero-order valence-electron chi connectivity index (χ0n) is 14.4.